The van der Waals surface area contributed by atoms with Crippen molar-refractivity contribution in [3.8, 4) is 0 Å². The Hall–Kier alpha value is -1.91. The van der Waals surface area contributed by atoms with Gasteiger partial charge in [0, 0.05) is 5.56 Å². The second-order valence-electron chi connectivity index (χ2n) is 2.92. The third-order valence-electron chi connectivity index (χ3n) is 2.03. The van der Waals surface area contributed by atoms with E-state index in [1.54, 1.807) is 26.0 Å². The van der Waals surface area contributed by atoms with Crippen LogP contribution in [0.3, 0.4) is 0 Å². The van der Waals surface area contributed by atoms with Crippen molar-refractivity contribution in [3.05, 3.63) is 33.4 Å². The molecule has 0 spiro atoms. The number of carbonyl (C=O) groups is 1. The highest BCUT2D eigenvalue weighted by Gasteiger charge is 2.16. The van der Waals surface area contributed by atoms with Gasteiger partial charge in [-0.2, -0.15) is 0 Å². The number of hydrogen-bond donors (Lipinski definition) is 1. The fraction of sp³-hybridized carbons (Fsp3) is 0.222. The van der Waals surface area contributed by atoms with Crippen molar-refractivity contribution < 1.29 is 9.72 Å². The van der Waals surface area contributed by atoms with Crippen molar-refractivity contribution in [2.45, 2.75) is 13.8 Å². The van der Waals surface area contributed by atoms with Gasteiger partial charge in [-0.1, -0.05) is 6.07 Å². The van der Waals surface area contributed by atoms with E-state index in [1.165, 1.54) is 0 Å². The first-order valence-electron chi connectivity index (χ1n) is 4.02. The summed E-state index contributed by atoms with van der Waals surface area (Å²) in [6, 6.07) is 3.25. The summed E-state index contributed by atoms with van der Waals surface area (Å²) in [5.74, 6) is 0. The average molecular weight is 194 g/mol. The smallest absolute Gasteiger partial charge is 0.277 e. The molecule has 5 nitrogen and oxygen atoms in total. The molecule has 0 aliphatic heterocycles. The molecule has 74 valence electrons. The molecule has 0 atom stereocenters. The highest BCUT2D eigenvalue weighted by molar-refractivity contribution is 5.76. The monoisotopic (exact) mass is 194 g/mol. The molecule has 0 unspecified atom stereocenters. The van der Waals surface area contributed by atoms with E-state index in [0.717, 1.165) is 0 Å². The minimum absolute atomic E-state index is 0.0526. The number of benzene rings is 1. The van der Waals surface area contributed by atoms with Crippen LogP contribution in [-0.4, -0.2) is 11.3 Å². The van der Waals surface area contributed by atoms with Gasteiger partial charge in [0.1, 0.15) is 0 Å². The lowest BCUT2D eigenvalue weighted by molar-refractivity contribution is -0.386. The number of nitro benzene ring substituents is 1. The van der Waals surface area contributed by atoms with Gasteiger partial charge in [-0.05, 0) is 19.9 Å². The van der Waals surface area contributed by atoms with Crippen LogP contribution in [0.25, 0.3) is 0 Å². The zero-order valence-electron chi connectivity index (χ0n) is 7.90. The van der Waals surface area contributed by atoms with Gasteiger partial charge < -0.3 is 5.32 Å². The Kier molecular flexibility index (Phi) is 2.81. The molecule has 0 aliphatic carbocycles. The predicted molar refractivity (Wildman–Crippen MR) is 52.3 cm³/mol. The van der Waals surface area contributed by atoms with Crippen molar-refractivity contribution in [2.75, 3.05) is 5.32 Å². The first-order valence-corrected chi connectivity index (χ1v) is 4.02. The van der Waals surface area contributed by atoms with E-state index >= 15 is 0 Å². The molecule has 0 radical (unpaired) electrons. The summed E-state index contributed by atoms with van der Waals surface area (Å²) >= 11 is 0. The molecule has 0 bridgehead atoms. The zero-order valence-corrected chi connectivity index (χ0v) is 7.90. The Labute approximate surface area is 80.9 Å². The Morgan fingerprint density at radius 2 is 2.07 bits per heavy atom. The van der Waals surface area contributed by atoms with E-state index in [2.05, 4.69) is 5.32 Å². The summed E-state index contributed by atoms with van der Waals surface area (Å²) in [5, 5.41) is 13.1. The third-order valence-corrected chi connectivity index (χ3v) is 2.03. The van der Waals surface area contributed by atoms with Crippen LogP contribution >= 0.6 is 0 Å². The van der Waals surface area contributed by atoms with Crippen LogP contribution in [0.2, 0.25) is 0 Å². The van der Waals surface area contributed by atoms with Crippen molar-refractivity contribution >= 4 is 17.8 Å². The van der Waals surface area contributed by atoms with Crippen molar-refractivity contribution in [1.29, 1.82) is 0 Å². The van der Waals surface area contributed by atoms with E-state index in [9.17, 15) is 14.9 Å². The summed E-state index contributed by atoms with van der Waals surface area (Å²) in [6.07, 6.45) is 0.501. The van der Waals surface area contributed by atoms with Gasteiger partial charge in [0.2, 0.25) is 6.41 Å². The SMILES string of the molecule is Cc1ccc(NC=O)c(C)c1[N+](=O)[O-]. The lowest BCUT2D eigenvalue weighted by Gasteiger charge is -2.06. The molecule has 0 fully saturated rings. The van der Waals surface area contributed by atoms with Crippen LogP contribution in [0.4, 0.5) is 11.4 Å². The lowest BCUT2D eigenvalue weighted by Crippen LogP contribution is -2.01. The standard InChI is InChI=1S/C9H10N2O3/c1-6-3-4-8(10-5-12)7(2)9(6)11(13)14/h3-5H,1-2H3,(H,10,12). The number of hydrogen-bond acceptors (Lipinski definition) is 3. The van der Waals surface area contributed by atoms with Gasteiger partial charge in [0.15, 0.2) is 0 Å². The minimum Gasteiger partial charge on any atom is -0.328 e. The molecule has 1 N–H and O–H groups in total. The Morgan fingerprint density at radius 1 is 1.43 bits per heavy atom. The number of carbonyl (C=O) groups excluding carboxylic acids is 1. The lowest BCUT2D eigenvalue weighted by atomic mass is 10.1. The van der Waals surface area contributed by atoms with E-state index in [1.807, 2.05) is 0 Å². The van der Waals surface area contributed by atoms with Crippen LogP contribution in [0.15, 0.2) is 12.1 Å². The molecule has 0 aliphatic rings. The molecule has 1 amide bonds. The largest absolute Gasteiger partial charge is 0.328 e. The first kappa shape index (κ1) is 10.2. The molecule has 0 saturated carbocycles. The molecule has 1 aromatic rings. The summed E-state index contributed by atoms with van der Waals surface area (Å²) in [4.78, 5) is 20.5. The van der Waals surface area contributed by atoms with Crippen LogP contribution in [0.1, 0.15) is 11.1 Å². The molecule has 1 rings (SSSR count). The quantitative estimate of drug-likeness (QED) is 0.453. The molecule has 0 heterocycles. The number of aryl methyl sites for hydroxylation is 1. The summed E-state index contributed by atoms with van der Waals surface area (Å²) in [5.41, 5.74) is 1.58. The predicted octanol–water partition coefficient (Wildman–Crippen LogP) is 1.78. The number of nitrogens with zero attached hydrogens (tertiary/aromatic N) is 1. The van der Waals surface area contributed by atoms with E-state index < -0.39 is 4.92 Å². The minimum atomic E-state index is -0.444. The molecular formula is C9H10N2O3. The van der Waals surface area contributed by atoms with Gasteiger partial charge in [-0.25, -0.2) is 0 Å². The Bertz CT molecular complexity index is 388. The van der Waals surface area contributed by atoms with E-state index in [-0.39, 0.29) is 5.69 Å². The van der Waals surface area contributed by atoms with Crippen LogP contribution in [0.5, 0.6) is 0 Å². The van der Waals surface area contributed by atoms with Gasteiger partial charge in [-0.15, -0.1) is 0 Å². The molecule has 5 heteroatoms. The zero-order chi connectivity index (χ0) is 10.7. The van der Waals surface area contributed by atoms with E-state index in [0.29, 0.717) is 23.2 Å². The fourth-order valence-electron chi connectivity index (χ4n) is 1.34. The highest BCUT2D eigenvalue weighted by Crippen LogP contribution is 2.28. The van der Waals surface area contributed by atoms with Crippen LogP contribution < -0.4 is 5.32 Å². The topological polar surface area (TPSA) is 72.2 Å². The van der Waals surface area contributed by atoms with Gasteiger partial charge >= 0.3 is 0 Å². The van der Waals surface area contributed by atoms with Gasteiger partial charge in [0.05, 0.1) is 16.2 Å². The van der Waals surface area contributed by atoms with Gasteiger partial charge in [-0.3, -0.25) is 14.9 Å². The van der Waals surface area contributed by atoms with Crippen molar-refractivity contribution in [2.24, 2.45) is 0 Å². The molecule has 1 aromatic carbocycles. The summed E-state index contributed by atoms with van der Waals surface area (Å²) in [6.45, 7) is 3.27. The third kappa shape index (κ3) is 1.71. The second-order valence-corrected chi connectivity index (χ2v) is 2.92. The number of rotatable bonds is 3. The maximum atomic E-state index is 10.7. The molecule has 14 heavy (non-hydrogen) atoms. The van der Waals surface area contributed by atoms with Crippen LogP contribution in [0, 0.1) is 24.0 Å². The number of anilines is 1. The van der Waals surface area contributed by atoms with Gasteiger partial charge in [0.25, 0.3) is 5.69 Å². The number of nitro groups is 1. The number of amides is 1. The molecule has 0 aromatic heterocycles. The first-order chi connectivity index (χ1) is 6.57. The van der Waals surface area contributed by atoms with Crippen molar-refractivity contribution in [3.63, 3.8) is 0 Å². The number of nitrogens with one attached hydrogen (secondary N) is 1. The Balaban J connectivity index is 3.32. The average Bonchev–Trinajstić information content (AvgIpc) is 2.10. The Morgan fingerprint density at radius 3 is 2.57 bits per heavy atom. The summed E-state index contributed by atoms with van der Waals surface area (Å²) in [7, 11) is 0. The normalized spacial score (nSPS) is 9.57. The van der Waals surface area contributed by atoms with Crippen molar-refractivity contribution in [1.82, 2.24) is 0 Å². The maximum absolute atomic E-state index is 10.7. The second kappa shape index (κ2) is 3.87. The van der Waals surface area contributed by atoms with Crippen LogP contribution in [-0.2, 0) is 4.79 Å². The van der Waals surface area contributed by atoms with E-state index in [4.69, 9.17) is 0 Å². The molecular weight excluding hydrogens is 184 g/mol. The maximum Gasteiger partial charge on any atom is 0.277 e. The summed E-state index contributed by atoms with van der Waals surface area (Å²) < 4.78 is 0. The highest BCUT2D eigenvalue weighted by atomic mass is 16.6. The molecule has 0 saturated heterocycles. The fourth-order valence-corrected chi connectivity index (χ4v) is 1.34.